The fraction of sp³-hybridized carbons (Fsp3) is 0. The summed E-state index contributed by atoms with van der Waals surface area (Å²) >= 11 is 0. The van der Waals surface area contributed by atoms with Crippen molar-refractivity contribution in [3.05, 3.63) is 231 Å². The highest BCUT2D eigenvalue weighted by atomic mass is 16.3. The lowest BCUT2D eigenvalue weighted by Gasteiger charge is -2.15. The van der Waals surface area contributed by atoms with E-state index in [4.69, 9.17) is 8.83 Å². The van der Waals surface area contributed by atoms with Gasteiger partial charge in [0.05, 0.1) is 0 Å². The maximum Gasteiger partial charge on any atom is 0.143 e. The quantitative estimate of drug-likeness (QED) is 0.161. The van der Waals surface area contributed by atoms with Crippen molar-refractivity contribution in [2.24, 2.45) is 0 Å². The molecule has 0 saturated carbocycles. The summed E-state index contributed by atoms with van der Waals surface area (Å²) in [6.07, 6.45) is 0. The lowest BCUT2D eigenvalue weighted by atomic mass is 9.88. The van der Waals surface area contributed by atoms with Crippen LogP contribution in [0.4, 0.5) is 0 Å². The standard InChI is InChI=1S/C64H38O2/c1-3-19-41-39(17-1)37-59(49-27-11-5-21-43(41)49)57-35-15-33-55-53-31-13-29-51(61(53)65-63(55)57)47-25-9-7-23-45(47)46-24-8-10-26-48(46)52-30-14-32-54-56-34-16-36-58(64(56)66-62(52)54)60-38-40-18-2-4-20-42(40)44-22-6-12-28-50(44)60/h1-38H. The number of fused-ring (bicyclic) bond motifs is 12. The van der Waals surface area contributed by atoms with Gasteiger partial charge in [0.25, 0.3) is 0 Å². The van der Waals surface area contributed by atoms with Gasteiger partial charge in [-0.05, 0) is 88.6 Å². The van der Waals surface area contributed by atoms with Crippen molar-refractivity contribution in [3.8, 4) is 55.6 Å². The summed E-state index contributed by atoms with van der Waals surface area (Å²) in [5, 5.41) is 14.2. The molecule has 2 nitrogen and oxygen atoms in total. The number of hydrogen-bond donors (Lipinski definition) is 0. The Bertz CT molecular complexity index is 4020. The summed E-state index contributed by atoms with van der Waals surface area (Å²) in [5.41, 5.74) is 14.6. The first-order valence-corrected chi connectivity index (χ1v) is 22.7. The summed E-state index contributed by atoms with van der Waals surface area (Å²) in [4.78, 5) is 0. The molecule has 0 fully saturated rings. The number of hydrogen-bond acceptors (Lipinski definition) is 2. The SMILES string of the molecule is c1ccc(-c2cccc3c2oc2c(-c4cc5ccccc5c5ccccc45)cccc23)c(-c2ccccc2-c2cccc3c2oc2c(-c4cc5ccccc5c5ccccc45)cccc23)c1. The minimum Gasteiger partial charge on any atom is -0.455 e. The summed E-state index contributed by atoms with van der Waals surface area (Å²) in [6, 6.07) is 83.1. The fourth-order valence-corrected chi connectivity index (χ4v) is 10.9. The van der Waals surface area contributed by atoms with E-state index in [-0.39, 0.29) is 0 Å². The Morgan fingerprint density at radius 3 is 0.773 bits per heavy atom. The zero-order valence-electron chi connectivity index (χ0n) is 35.8. The van der Waals surface area contributed by atoms with Crippen molar-refractivity contribution in [1.29, 1.82) is 0 Å². The molecule has 0 amide bonds. The molecular weight excluding hydrogens is 801 g/mol. The van der Waals surface area contributed by atoms with Gasteiger partial charge in [-0.1, -0.05) is 218 Å². The maximum atomic E-state index is 7.16. The average Bonchev–Trinajstić information content (AvgIpc) is 3.98. The van der Waals surface area contributed by atoms with Gasteiger partial charge in [0.2, 0.25) is 0 Å². The van der Waals surface area contributed by atoms with E-state index in [1.165, 1.54) is 54.2 Å². The molecule has 14 aromatic rings. The van der Waals surface area contributed by atoms with Crippen LogP contribution in [0.15, 0.2) is 239 Å². The first-order chi connectivity index (χ1) is 32.8. The second-order valence-electron chi connectivity index (χ2n) is 17.4. The summed E-state index contributed by atoms with van der Waals surface area (Å²) in [6.45, 7) is 0. The lowest BCUT2D eigenvalue weighted by molar-refractivity contribution is 0.670. The molecule has 306 valence electrons. The number of furan rings is 2. The minimum atomic E-state index is 0.878. The van der Waals surface area contributed by atoms with Gasteiger partial charge in [0.1, 0.15) is 22.3 Å². The van der Waals surface area contributed by atoms with E-state index in [0.29, 0.717) is 0 Å². The predicted molar refractivity (Wildman–Crippen MR) is 278 cm³/mol. The molecule has 2 aromatic heterocycles. The second-order valence-corrected chi connectivity index (χ2v) is 17.4. The van der Waals surface area contributed by atoms with Crippen LogP contribution in [0, 0.1) is 0 Å². The van der Waals surface area contributed by atoms with Crippen molar-refractivity contribution < 1.29 is 8.83 Å². The van der Waals surface area contributed by atoms with Crippen molar-refractivity contribution >= 4 is 87.0 Å². The summed E-state index contributed by atoms with van der Waals surface area (Å²) in [7, 11) is 0. The van der Waals surface area contributed by atoms with Crippen molar-refractivity contribution in [2.75, 3.05) is 0 Å². The smallest absolute Gasteiger partial charge is 0.143 e. The Kier molecular flexibility index (Phi) is 8.02. The van der Waals surface area contributed by atoms with Crippen LogP contribution in [0.2, 0.25) is 0 Å². The van der Waals surface area contributed by atoms with Gasteiger partial charge >= 0.3 is 0 Å². The second kappa shape index (κ2) is 14.4. The molecule has 0 N–H and O–H groups in total. The highest BCUT2D eigenvalue weighted by molar-refractivity contribution is 6.21. The van der Waals surface area contributed by atoms with Crippen LogP contribution in [-0.4, -0.2) is 0 Å². The molecule has 0 radical (unpaired) electrons. The van der Waals surface area contributed by atoms with Gasteiger partial charge in [0, 0.05) is 43.8 Å². The van der Waals surface area contributed by atoms with Gasteiger partial charge in [-0.15, -0.1) is 0 Å². The molecule has 0 aliphatic heterocycles. The highest BCUT2D eigenvalue weighted by Crippen LogP contribution is 2.48. The first-order valence-electron chi connectivity index (χ1n) is 22.7. The van der Waals surface area contributed by atoms with Gasteiger partial charge in [-0.25, -0.2) is 0 Å². The summed E-state index contributed by atoms with van der Waals surface area (Å²) in [5.74, 6) is 0. The normalized spacial score (nSPS) is 11.9. The van der Waals surface area contributed by atoms with Gasteiger partial charge in [0.15, 0.2) is 0 Å². The van der Waals surface area contributed by atoms with Crippen LogP contribution in [-0.2, 0) is 0 Å². The van der Waals surface area contributed by atoms with Crippen molar-refractivity contribution in [2.45, 2.75) is 0 Å². The van der Waals surface area contributed by atoms with E-state index < -0.39 is 0 Å². The fourth-order valence-electron chi connectivity index (χ4n) is 10.9. The topological polar surface area (TPSA) is 26.3 Å². The first kappa shape index (κ1) is 36.7. The van der Waals surface area contributed by atoms with Gasteiger partial charge < -0.3 is 8.83 Å². The zero-order chi connectivity index (χ0) is 43.3. The van der Waals surface area contributed by atoms with E-state index in [2.05, 4.69) is 231 Å². The molecule has 0 bridgehead atoms. The Labute approximate surface area is 380 Å². The van der Waals surface area contributed by atoms with E-state index in [1.807, 2.05) is 0 Å². The van der Waals surface area contributed by atoms with Crippen LogP contribution in [0.3, 0.4) is 0 Å². The Morgan fingerprint density at radius 2 is 0.409 bits per heavy atom. The van der Waals surface area contributed by atoms with E-state index in [0.717, 1.165) is 88.4 Å². The molecule has 0 saturated heterocycles. The van der Waals surface area contributed by atoms with Gasteiger partial charge in [-0.2, -0.15) is 0 Å². The molecule has 12 aromatic carbocycles. The molecule has 0 aliphatic carbocycles. The van der Waals surface area contributed by atoms with Crippen LogP contribution in [0.5, 0.6) is 0 Å². The number of para-hydroxylation sites is 4. The Morgan fingerprint density at radius 1 is 0.167 bits per heavy atom. The lowest BCUT2D eigenvalue weighted by Crippen LogP contribution is -1.89. The average molecular weight is 839 g/mol. The van der Waals surface area contributed by atoms with Crippen LogP contribution >= 0.6 is 0 Å². The van der Waals surface area contributed by atoms with Crippen LogP contribution < -0.4 is 0 Å². The molecule has 2 heterocycles. The van der Waals surface area contributed by atoms with Crippen molar-refractivity contribution in [3.63, 3.8) is 0 Å². The predicted octanol–water partition coefficient (Wildman–Crippen LogP) is 18.4. The van der Waals surface area contributed by atoms with E-state index in [9.17, 15) is 0 Å². The van der Waals surface area contributed by atoms with E-state index in [1.54, 1.807) is 0 Å². The molecule has 0 atom stereocenters. The molecule has 66 heavy (non-hydrogen) atoms. The molecule has 0 spiro atoms. The highest BCUT2D eigenvalue weighted by Gasteiger charge is 2.23. The Balaban J connectivity index is 0.946. The Hall–Kier alpha value is -8.72. The third kappa shape index (κ3) is 5.42. The monoisotopic (exact) mass is 838 g/mol. The number of rotatable bonds is 5. The zero-order valence-corrected chi connectivity index (χ0v) is 35.8. The maximum absolute atomic E-state index is 7.16. The molecule has 2 heteroatoms. The third-order valence-electron chi connectivity index (χ3n) is 13.9. The van der Waals surface area contributed by atoms with Gasteiger partial charge in [-0.3, -0.25) is 0 Å². The van der Waals surface area contributed by atoms with Crippen LogP contribution in [0.1, 0.15) is 0 Å². The minimum absolute atomic E-state index is 0.878. The summed E-state index contributed by atoms with van der Waals surface area (Å²) < 4.78 is 14.3. The molecule has 0 unspecified atom stereocenters. The van der Waals surface area contributed by atoms with Crippen LogP contribution in [0.25, 0.3) is 143 Å². The van der Waals surface area contributed by atoms with E-state index >= 15 is 0 Å². The number of benzene rings is 12. The molecule has 0 aliphatic rings. The largest absolute Gasteiger partial charge is 0.455 e. The van der Waals surface area contributed by atoms with Crippen molar-refractivity contribution in [1.82, 2.24) is 0 Å². The molecular formula is C64H38O2. The molecule has 14 rings (SSSR count). The third-order valence-corrected chi connectivity index (χ3v) is 13.9.